The Morgan fingerprint density at radius 2 is 1.74 bits per heavy atom. The number of ketones is 2. The number of Topliss-reactive ketones (excluding diaryl/α,β-unsaturated/α-hetero) is 1. The van der Waals surface area contributed by atoms with Gasteiger partial charge in [0.15, 0.2) is 6.10 Å². The van der Waals surface area contributed by atoms with Crippen LogP contribution in [0.25, 0.3) is 0 Å². The van der Waals surface area contributed by atoms with Crippen molar-refractivity contribution in [2.45, 2.75) is 77.8 Å². The van der Waals surface area contributed by atoms with Gasteiger partial charge in [0.1, 0.15) is 5.76 Å². The van der Waals surface area contributed by atoms with E-state index in [1.54, 1.807) is 39.8 Å². The van der Waals surface area contributed by atoms with E-state index in [-0.39, 0.29) is 23.6 Å². The Morgan fingerprint density at radius 3 is 2.33 bits per heavy atom. The number of hydrogen-bond donors (Lipinski definition) is 4. The zero-order valence-electron chi connectivity index (χ0n) is 23.4. The second kappa shape index (κ2) is 14.2. The molecule has 0 saturated heterocycles. The molecule has 0 radical (unpaired) electrons. The molecule has 39 heavy (non-hydrogen) atoms. The maximum Gasteiger partial charge on any atom is 0.405 e. The molecule has 0 aromatic rings. The standard InChI is InChI=1S/C28H40N2O9/c1-14-10-18-24(33)19(13-20(31)25(18)34)30-27(35)15(2)8-7-9-21(37-5)26(39-28(29)36)17(4)12-16(3)23(32)22(11-14)38-6/h8,12-14,16,21-23,26,32-33H,7,9-11H2,1-6H3,(H2,29,36)(H,30,35)/t14-,16+,21+,22+,23-,26+/m1/s1. The number of methoxy groups -OCH3 is 2. The molecule has 1 heterocycles. The molecular formula is C28H40N2O9. The van der Waals surface area contributed by atoms with Crippen LogP contribution in [0.15, 0.2) is 46.4 Å². The number of hydrogen-bond acceptors (Lipinski definition) is 9. The zero-order valence-corrected chi connectivity index (χ0v) is 23.4. The van der Waals surface area contributed by atoms with Gasteiger partial charge in [-0.25, -0.2) is 4.79 Å². The van der Waals surface area contributed by atoms with E-state index in [0.29, 0.717) is 30.4 Å². The Balaban J connectivity index is 2.53. The van der Waals surface area contributed by atoms with Gasteiger partial charge in [0, 0.05) is 37.4 Å². The molecule has 0 aromatic carbocycles. The van der Waals surface area contributed by atoms with Gasteiger partial charge in [0.2, 0.25) is 11.6 Å². The maximum atomic E-state index is 12.8. The number of nitrogens with one attached hydrogen (secondary N) is 1. The maximum absolute atomic E-state index is 12.8. The van der Waals surface area contributed by atoms with E-state index in [9.17, 15) is 29.4 Å². The van der Waals surface area contributed by atoms with Gasteiger partial charge >= 0.3 is 6.09 Å². The fourth-order valence-electron chi connectivity index (χ4n) is 4.88. The summed E-state index contributed by atoms with van der Waals surface area (Å²) in [5, 5.41) is 24.4. The van der Waals surface area contributed by atoms with Gasteiger partial charge in [0.05, 0.1) is 24.0 Å². The first-order valence-electron chi connectivity index (χ1n) is 12.9. The van der Waals surface area contributed by atoms with Crippen molar-refractivity contribution in [1.82, 2.24) is 5.32 Å². The number of primary amides is 1. The molecule has 0 aromatic heterocycles. The zero-order chi connectivity index (χ0) is 29.4. The molecule has 2 bridgehead atoms. The fourth-order valence-corrected chi connectivity index (χ4v) is 4.88. The highest BCUT2D eigenvalue weighted by Crippen LogP contribution is 2.29. The summed E-state index contributed by atoms with van der Waals surface area (Å²) in [4.78, 5) is 49.4. The topological polar surface area (TPSA) is 174 Å². The molecule has 2 amide bonds. The Morgan fingerprint density at radius 1 is 1.10 bits per heavy atom. The summed E-state index contributed by atoms with van der Waals surface area (Å²) in [5.74, 6) is -3.45. The highest BCUT2D eigenvalue weighted by atomic mass is 16.6. The first-order chi connectivity index (χ1) is 18.3. The molecule has 1 aliphatic carbocycles. The number of ether oxygens (including phenoxy) is 3. The lowest BCUT2D eigenvalue weighted by molar-refractivity contribution is -0.132. The average Bonchev–Trinajstić information content (AvgIpc) is 2.88. The number of nitrogens with two attached hydrogens (primary N) is 1. The normalized spacial score (nSPS) is 30.2. The number of carbonyl (C=O) groups excluding carboxylic acids is 4. The Bertz CT molecular complexity index is 1090. The van der Waals surface area contributed by atoms with Crippen LogP contribution in [0.3, 0.4) is 0 Å². The number of aliphatic hydroxyl groups excluding tert-OH is 2. The van der Waals surface area contributed by atoms with Crippen molar-refractivity contribution in [2.24, 2.45) is 17.6 Å². The largest absolute Gasteiger partial charge is 0.505 e. The predicted octanol–water partition coefficient (Wildman–Crippen LogP) is 2.54. The summed E-state index contributed by atoms with van der Waals surface area (Å²) in [6.45, 7) is 6.90. The molecule has 216 valence electrons. The number of allylic oxidation sites excluding steroid dienone is 3. The second-order valence-corrected chi connectivity index (χ2v) is 10.2. The first-order valence-corrected chi connectivity index (χ1v) is 12.9. The Kier molecular flexibility index (Phi) is 11.6. The molecule has 0 unspecified atom stereocenters. The summed E-state index contributed by atoms with van der Waals surface area (Å²) in [7, 11) is 2.92. The number of amides is 2. The van der Waals surface area contributed by atoms with Crippen molar-refractivity contribution in [3.05, 3.63) is 46.4 Å². The molecule has 0 fully saturated rings. The van der Waals surface area contributed by atoms with Gasteiger partial charge in [-0.3, -0.25) is 14.4 Å². The first kappa shape index (κ1) is 31.9. The van der Waals surface area contributed by atoms with Crippen molar-refractivity contribution >= 4 is 23.6 Å². The van der Waals surface area contributed by atoms with E-state index in [1.807, 2.05) is 0 Å². The van der Waals surface area contributed by atoms with Gasteiger partial charge in [-0.15, -0.1) is 0 Å². The average molecular weight is 549 g/mol. The molecule has 2 rings (SSSR count). The molecular weight excluding hydrogens is 508 g/mol. The van der Waals surface area contributed by atoms with Crippen LogP contribution >= 0.6 is 0 Å². The van der Waals surface area contributed by atoms with Crippen LogP contribution in [0.4, 0.5) is 4.79 Å². The summed E-state index contributed by atoms with van der Waals surface area (Å²) in [5.41, 5.74) is 5.99. The second-order valence-electron chi connectivity index (χ2n) is 10.2. The quantitative estimate of drug-likeness (QED) is 0.235. The highest BCUT2D eigenvalue weighted by Gasteiger charge is 2.33. The van der Waals surface area contributed by atoms with Crippen molar-refractivity contribution in [2.75, 3.05) is 14.2 Å². The van der Waals surface area contributed by atoms with Crippen LogP contribution < -0.4 is 11.1 Å². The van der Waals surface area contributed by atoms with Gasteiger partial charge in [-0.05, 0) is 51.0 Å². The lowest BCUT2D eigenvalue weighted by atomic mass is 9.85. The molecule has 11 nitrogen and oxygen atoms in total. The Labute approximate surface area is 228 Å². The minimum Gasteiger partial charge on any atom is -0.505 e. The van der Waals surface area contributed by atoms with Crippen LogP contribution in [-0.4, -0.2) is 72.4 Å². The molecule has 11 heteroatoms. The van der Waals surface area contributed by atoms with Crippen molar-refractivity contribution in [3.63, 3.8) is 0 Å². The number of fused-ring (bicyclic) bond motifs is 1. The summed E-state index contributed by atoms with van der Waals surface area (Å²) >= 11 is 0. The van der Waals surface area contributed by atoms with Crippen LogP contribution in [0.2, 0.25) is 0 Å². The van der Waals surface area contributed by atoms with Crippen LogP contribution in [0.5, 0.6) is 0 Å². The number of rotatable bonds is 3. The van der Waals surface area contributed by atoms with Crippen LogP contribution in [0, 0.1) is 11.8 Å². The molecule has 6 atom stereocenters. The lowest BCUT2D eigenvalue weighted by Gasteiger charge is -2.30. The van der Waals surface area contributed by atoms with Crippen LogP contribution in [0.1, 0.15) is 53.4 Å². The van der Waals surface area contributed by atoms with Crippen LogP contribution in [-0.2, 0) is 28.6 Å². The molecule has 5 N–H and O–H groups in total. The van der Waals surface area contributed by atoms with E-state index in [4.69, 9.17) is 19.9 Å². The summed E-state index contributed by atoms with van der Waals surface area (Å²) < 4.78 is 16.5. The van der Waals surface area contributed by atoms with E-state index in [1.165, 1.54) is 14.2 Å². The molecule has 0 spiro atoms. The van der Waals surface area contributed by atoms with Crippen molar-refractivity contribution in [1.29, 1.82) is 0 Å². The summed E-state index contributed by atoms with van der Waals surface area (Å²) in [6.07, 6.45) is 1.28. The smallest absolute Gasteiger partial charge is 0.405 e. The number of carbonyl (C=O) groups is 4. The minimum absolute atomic E-state index is 0.0261. The van der Waals surface area contributed by atoms with Crippen molar-refractivity contribution in [3.8, 4) is 0 Å². The van der Waals surface area contributed by atoms with Gasteiger partial charge in [-0.1, -0.05) is 26.0 Å². The van der Waals surface area contributed by atoms with Gasteiger partial charge in [-0.2, -0.15) is 0 Å². The van der Waals surface area contributed by atoms with Gasteiger partial charge < -0.3 is 35.5 Å². The van der Waals surface area contributed by atoms with E-state index in [0.717, 1.165) is 6.08 Å². The third kappa shape index (κ3) is 8.35. The highest BCUT2D eigenvalue weighted by molar-refractivity contribution is 6.48. The van der Waals surface area contributed by atoms with E-state index in [2.05, 4.69) is 5.32 Å². The summed E-state index contributed by atoms with van der Waals surface area (Å²) in [6, 6.07) is 0. The monoisotopic (exact) mass is 548 g/mol. The van der Waals surface area contributed by atoms with Crippen molar-refractivity contribution < 1.29 is 43.6 Å². The predicted molar refractivity (Wildman–Crippen MR) is 142 cm³/mol. The fraction of sp³-hybridized carbons (Fsp3) is 0.571. The molecule has 2 aliphatic rings. The minimum atomic E-state index is -0.979. The third-order valence-corrected chi connectivity index (χ3v) is 7.09. The third-order valence-electron chi connectivity index (χ3n) is 7.09. The van der Waals surface area contributed by atoms with E-state index >= 15 is 0 Å². The van der Waals surface area contributed by atoms with E-state index < -0.39 is 59.7 Å². The Hall–Kier alpha value is -3.28. The molecule has 1 aliphatic heterocycles. The lowest BCUT2D eigenvalue weighted by Crippen LogP contribution is -2.37. The molecule has 0 saturated carbocycles. The number of aliphatic hydroxyl groups is 2. The van der Waals surface area contributed by atoms with Gasteiger partial charge in [0.25, 0.3) is 5.91 Å². The SMILES string of the molecule is CO[C@H]1C[C@H](C)CC2=C(O)C(=CC(=O)C2=O)NC(=O)C(C)=CCC[C@H](OC)[C@@H](OC(N)=O)C(C)=C[C@H](C)[C@H]1O.